The number of hydrogen-bond acceptors (Lipinski definition) is 5. The largest absolute Gasteiger partial charge is 0.381 e. The highest BCUT2D eigenvalue weighted by atomic mass is 35.5. The number of hydrogen-bond donors (Lipinski definition) is 1. The third kappa shape index (κ3) is 3.14. The third-order valence-electron chi connectivity index (χ3n) is 5.03. The van der Waals surface area contributed by atoms with Gasteiger partial charge in [0, 0.05) is 30.3 Å². The van der Waals surface area contributed by atoms with Crippen LogP contribution in [0, 0.1) is 0 Å². The van der Waals surface area contributed by atoms with Gasteiger partial charge in [-0.3, -0.25) is 0 Å². The molecule has 0 radical (unpaired) electrons. The summed E-state index contributed by atoms with van der Waals surface area (Å²) in [5.74, 6) is 1.21. The number of nitrogens with zero attached hydrogens (tertiary/aromatic N) is 2. The zero-order valence-electron chi connectivity index (χ0n) is 14.3. The van der Waals surface area contributed by atoms with Crippen molar-refractivity contribution in [1.82, 2.24) is 10.1 Å². The van der Waals surface area contributed by atoms with Crippen LogP contribution in [0.15, 0.2) is 53.1 Å². The van der Waals surface area contributed by atoms with E-state index in [4.69, 9.17) is 31.6 Å². The van der Waals surface area contributed by atoms with Gasteiger partial charge in [-0.1, -0.05) is 53.2 Å². The topological polar surface area (TPSA) is 74.2 Å². The predicted octanol–water partition coefficient (Wildman–Crippen LogP) is 3.95. The summed E-state index contributed by atoms with van der Waals surface area (Å²) < 4.78 is 11.3. The van der Waals surface area contributed by atoms with Gasteiger partial charge in [0.2, 0.25) is 11.7 Å². The summed E-state index contributed by atoms with van der Waals surface area (Å²) in [7, 11) is 0. The van der Waals surface area contributed by atoms with E-state index in [1.54, 1.807) is 0 Å². The molecule has 2 aromatic carbocycles. The molecule has 0 bridgehead atoms. The van der Waals surface area contributed by atoms with Crippen LogP contribution in [0.3, 0.4) is 0 Å². The normalized spacial score (nSPS) is 16.5. The first-order valence-electron chi connectivity index (χ1n) is 8.69. The molecule has 26 heavy (non-hydrogen) atoms. The lowest BCUT2D eigenvalue weighted by Gasteiger charge is -2.34. The second-order valence-corrected chi connectivity index (χ2v) is 6.96. The Kier molecular flexibility index (Phi) is 4.76. The van der Waals surface area contributed by atoms with Crippen molar-refractivity contribution < 1.29 is 9.26 Å². The molecule has 0 atom stereocenters. The smallest absolute Gasteiger partial charge is 0.237 e. The van der Waals surface area contributed by atoms with Gasteiger partial charge in [0.25, 0.3) is 0 Å². The molecule has 1 aliphatic rings. The van der Waals surface area contributed by atoms with Crippen molar-refractivity contribution in [1.29, 1.82) is 0 Å². The van der Waals surface area contributed by atoms with E-state index in [2.05, 4.69) is 5.16 Å². The molecule has 1 saturated heterocycles. The van der Waals surface area contributed by atoms with E-state index in [0.717, 1.165) is 29.5 Å². The Balaban J connectivity index is 1.72. The molecule has 0 unspecified atom stereocenters. The van der Waals surface area contributed by atoms with Gasteiger partial charge in [-0.15, -0.1) is 0 Å². The van der Waals surface area contributed by atoms with Crippen LogP contribution in [0.1, 0.15) is 29.9 Å². The van der Waals surface area contributed by atoms with Crippen LogP contribution in [-0.2, 0) is 16.7 Å². The summed E-state index contributed by atoms with van der Waals surface area (Å²) in [4.78, 5) is 4.73. The molecule has 0 saturated carbocycles. The first-order chi connectivity index (χ1) is 12.7. The second kappa shape index (κ2) is 7.19. The van der Waals surface area contributed by atoms with Gasteiger partial charge in [-0.25, -0.2) is 0 Å². The Morgan fingerprint density at radius 2 is 1.69 bits per heavy atom. The molecular weight excluding hydrogens is 350 g/mol. The second-order valence-electron chi connectivity index (χ2n) is 6.53. The van der Waals surface area contributed by atoms with Gasteiger partial charge < -0.3 is 15.0 Å². The molecule has 5 nitrogen and oxygen atoms in total. The lowest BCUT2D eigenvalue weighted by Crippen LogP contribution is -2.35. The number of benzene rings is 2. The fourth-order valence-electron chi connectivity index (χ4n) is 3.44. The monoisotopic (exact) mass is 369 g/mol. The molecule has 2 heterocycles. The molecule has 0 spiro atoms. The van der Waals surface area contributed by atoms with Crippen LogP contribution in [0.4, 0.5) is 0 Å². The molecule has 0 aliphatic carbocycles. The van der Waals surface area contributed by atoms with E-state index >= 15 is 0 Å². The maximum absolute atomic E-state index is 6.07. The standard InChI is InChI=1S/C20H20ClN3O2/c21-17-7-5-16(6-8-17)20(9-11-25-12-10-20)19-23-18(24-26-19)15-3-1-14(13-22)2-4-15/h1-8H,9-13,22H2. The van der Waals surface area contributed by atoms with E-state index in [0.29, 0.717) is 36.5 Å². The number of aromatic nitrogens is 2. The average molecular weight is 370 g/mol. The van der Waals surface area contributed by atoms with Crippen molar-refractivity contribution >= 4 is 11.6 Å². The lowest BCUT2D eigenvalue weighted by molar-refractivity contribution is 0.0523. The summed E-state index contributed by atoms with van der Waals surface area (Å²) in [6.07, 6.45) is 1.59. The molecule has 0 amide bonds. The van der Waals surface area contributed by atoms with Crippen LogP contribution in [0.2, 0.25) is 5.02 Å². The van der Waals surface area contributed by atoms with E-state index in [1.165, 1.54) is 0 Å². The van der Waals surface area contributed by atoms with Crippen LogP contribution in [0.25, 0.3) is 11.4 Å². The Morgan fingerprint density at radius 1 is 1.00 bits per heavy atom. The molecular formula is C20H20ClN3O2. The van der Waals surface area contributed by atoms with E-state index in [-0.39, 0.29) is 5.41 Å². The average Bonchev–Trinajstić information content (AvgIpc) is 3.20. The summed E-state index contributed by atoms with van der Waals surface area (Å²) >= 11 is 6.07. The van der Waals surface area contributed by atoms with Crippen molar-refractivity contribution in [2.24, 2.45) is 5.73 Å². The fourth-order valence-corrected chi connectivity index (χ4v) is 3.57. The van der Waals surface area contributed by atoms with Crippen molar-refractivity contribution in [2.75, 3.05) is 13.2 Å². The number of rotatable bonds is 4. The van der Waals surface area contributed by atoms with Gasteiger partial charge in [-0.05, 0) is 36.1 Å². The highest BCUT2D eigenvalue weighted by Gasteiger charge is 2.41. The SMILES string of the molecule is NCc1ccc(-c2noc(C3(c4ccc(Cl)cc4)CCOCC3)n2)cc1. The molecule has 1 fully saturated rings. The first-order valence-corrected chi connectivity index (χ1v) is 9.06. The van der Waals surface area contributed by atoms with Crippen molar-refractivity contribution in [2.45, 2.75) is 24.8 Å². The first kappa shape index (κ1) is 17.2. The van der Waals surface area contributed by atoms with Gasteiger partial charge in [0.15, 0.2) is 0 Å². The summed E-state index contributed by atoms with van der Waals surface area (Å²) in [5.41, 5.74) is 8.43. The minimum atomic E-state index is -0.342. The molecule has 3 aromatic rings. The summed E-state index contributed by atoms with van der Waals surface area (Å²) in [6, 6.07) is 15.8. The van der Waals surface area contributed by atoms with Crippen LogP contribution in [-0.4, -0.2) is 23.4 Å². The third-order valence-corrected chi connectivity index (χ3v) is 5.28. The molecule has 2 N–H and O–H groups in total. The summed E-state index contributed by atoms with van der Waals surface area (Å²) in [5, 5.41) is 4.93. The number of halogens is 1. The number of ether oxygens (including phenoxy) is 1. The quantitative estimate of drug-likeness (QED) is 0.753. The Morgan fingerprint density at radius 3 is 2.35 bits per heavy atom. The molecule has 1 aromatic heterocycles. The molecule has 1 aliphatic heterocycles. The zero-order valence-corrected chi connectivity index (χ0v) is 15.1. The van der Waals surface area contributed by atoms with Crippen molar-refractivity contribution in [3.8, 4) is 11.4 Å². The Bertz CT molecular complexity index is 869. The maximum atomic E-state index is 6.07. The molecule has 134 valence electrons. The summed E-state index contributed by atoms with van der Waals surface area (Å²) in [6.45, 7) is 1.83. The minimum absolute atomic E-state index is 0.342. The van der Waals surface area contributed by atoms with Crippen LogP contribution in [0.5, 0.6) is 0 Å². The molecule has 6 heteroatoms. The highest BCUT2D eigenvalue weighted by Crippen LogP contribution is 2.41. The van der Waals surface area contributed by atoms with Crippen LogP contribution >= 0.6 is 11.6 Å². The number of nitrogens with two attached hydrogens (primary N) is 1. The van der Waals surface area contributed by atoms with Crippen molar-refractivity contribution in [3.05, 3.63) is 70.6 Å². The lowest BCUT2D eigenvalue weighted by atomic mass is 9.74. The molecule has 4 rings (SSSR count). The van der Waals surface area contributed by atoms with E-state index in [9.17, 15) is 0 Å². The van der Waals surface area contributed by atoms with Crippen molar-refractivity contribution in [3.63, 3.8) is 0 Å². The maximum Gasteiger partial charge on any atom is 0.237 e. The van der Waals surface area contributed by atoms with Gasteiger partial charge in [0.05, 0.1) is 5.41 Å². The van der Waals surface area contributed by atoms with Gasteiger partial charge >= 0.3 is 0 Å². The van der Waals surface area contributed by atoms with Crippen LogP contribution < -0.4 is 5.73 Å². The minimum Gasteiger partial charge on any atom is -0.381 e. The highest BCUT2D eigenvalue weighted by molar-refractivity contribution is 6.30. The van der Waals surface area contributed by atoms with Gasteiger partial charge in [0.1, 0.15) is 0 Å². The van der Waals surface area contributed by atoms with E-state index in [1.807, 2.05) is 48.5 Å². The predicted molar refractivity (Wildman–Crippen MR) is 99.9 cm³/mol. The van der Waals surface area contributed by atoms with Gasteiger partial charge in [-0.2, -0.15) is 4.98 Å². The Labute approximate surface area is 157 Å². The Hall–Kier alpha value is -2.21. The fraction of sp³-hybridized carbons (Fsp3) is 0.300. The zero-order chi connectivity index (χ0) is 18.0. The van der Waals surface area contributed by atoms with E-state index < -0.39 is 0 Å².